The Kier molecular flexibility index (Phi) is 2.37. The van der Waals surface area contributed by atoms with Gasteiger partial charge in [-0.05, 0) is 19.3 Å². The molecule has 12 heavy (non-hydrogen) atoms. The molecule has 0 aromatic rings. The van der Waals surface area contributed by atoms with Gasteiger partial charge in [-0.1, -0.05) is 19.3 Å². The van der Waals surface area contributed by atoms with Crippen molar-refractivity contribution in [1.29, 1.82) is 0 Å². The van der Waals surface area contributed by atoms with Gasteiger partial charge >= 0.3 is 0 Å². The number of hydrogen-bond acceptors (Lipinski definition) is 2. The molecule has 0 radical (unpaired) electrons. The molecule has 1 atom stereocenters. The van der Waals surface area contributed by atoms with Crippen molar-refractivity contribution < 1.29 is 4.74 Å². The highest BCUT2D eigenvalue weighted by molar-refractivity contribution is 4.98. The fourth-order valence-corrected chi connectivity index (χ4v) is 2.69. The third kappa shape index (κ3) is 1.50. The first-order valence-corrected chi connectivity index (χ1v) is 5.12. The third-order valence-corrected chi connectivity index (χ3v) is 3.47. The van der Waals surface area contributed by atoms with Crippen LogP contribution in [0.1, 0.15) is 38.5 Å². The molecule has 0 aromatic heterocycles. The summed E-state index contributed by atoms with van der Waals surface area (Å²) in [5.74, 6) is 0. The number of rotatable bonds is 1. The largest absolute Gasteiger partial charge is 0.380 e. The zero-order valence-electron chi connectivity index (χ0n) is 7.94. The van der Waals surface area contributed by atoms with Gasteiger partial charge in [0.2, 0.25) is 0 Å². The average Bonchev–Trinajstić information content (AvgIpc) is 2.50. The number of nitrogens with one attached hydrogen (secondary N) is 1. The highest BCUT2D eigenvalue weighted by Gasteiger charge is 2.39. The van der Waals surface area contributed by atoms with Crippen molar-refractivity contribution in [1.82, 2.24) is 5.32 Å². The van der Waals surface area contributed by atoms with Crippen LogP contribution in [0.3, 0.4) is 0 Å². The Hall–Kier alpha value is -0.0800. The first kappa shape index (κ1) is 8.52. The molecule has 70 valence electrons. The van der Waals surface area contributed by atoms with E-state index >= 15 is 0 Å². The first-order valence-electron chi connectivity index (χ1n) is 5.12. The molecule has 2 heteroatoms. The van der Waals surface area contributed by atoms with E-state index in [-0.39, 0.29) is 0 Å². The lowest BCUT2D eigenvalue weighted by atomic mass is 9.80. The zero-order valence-corrected chi connectivity index (χ0v) is 7.94. The molecule has 1 aliphatic carbocycles. The second-order valence-corrected chi connectivity index (χ2v) is 4.28. The van der Waals surface area contributed by atoms with Gasteiger partial charge in [0, 0.05) is 19.2 Å². The molecule has 1 aliphatic heterocycles. The van der Waals surface area contributed by atoms with Crippen LogP contribution < -0.4 is 5.32 Å². The van der Waals surface area contributed by atoms with E-state index in [1.807, 2.05) is 7.11 Å². The Bertz CT molecular complexity index is 152. The number of ether oxygens (including phenoxy) is 1. The predicted octanol–water partition coefficient (Wildman–Crippen LogP) is 1.70. The molecule has 2 rings (SSSR count). The van der Waals surface area contributed by atoms with Gasteiger partial charge in [0.15, 0.2) is 0 Å². The molecule has 1 heterocycles. The van der Waals surface area contributed by atoms with Crippen LogP contribution in [0.5, 0.6) is 0 Å². The molecular weight excluding hydrogens is 150 g/mol. The predicted molar refractivity (Wildman–Crippen MR) is 49.2 cm³/mol. The zero-order chi connectivity index (χ0) is 8.44. The Morgan fingerprint density at radius 3 is 2.58 bits per heavy atom. The first-order chi connectivity index (χ1) is 5.85. The Balaban J connectivity index is 1.94. The molecule has 2 aliphatic rings. The maximum Gasteiger partial charge on any atom is 0.0713 e. The normalized spacial score (nSPS) is 34.2. The fraction of sp³-hybridized carbons (Fsp3) is 1.00. The van der Waals surface area contributed by atoms with Crippen LogP contribution in [0, 0.1) is 0 Å². The summed E-state index contributed by atoms with van der Waals surface area (Å²) in [5.41, 5.74) is 0.471. The Morgan fingerprint density at radius 2 is 2.00 bits per heavy atom. The molecule has 2 fully saturated rings. The summed E-state index contributed by atoms with van der Waals surface area (Å²) in [4.78, 5) is 0. The minimum absolute atomic E-state index is 0.471. The highest BCUT2D eigenvalue weighted by Crippen LogP contribution is 2.35. The van der Waals surface area contributed by atoms with Crippen molar-refractivity contribution in [2.75, 3.05) is 13.7 Å². The van der Waals surface area contributed by atoms with E-state index in [9.17, 15) is 0 Å². The molecule has 0 amide bonds. The maximum absolute atomic E-state index is 5.38. The monoisotopic (exact) mass is 169 g/mol. The van der Waals surface area contributed by atoms with E-state index in [1.165, 1.54) is 38.5 Å². The minimum atomic E-state index is 0.471. The average molecular weight is 169 g/mol. The van der Waals surface area contributed by atoms with Crippen molar-refractivity contribution >= 4 is 0 Å². The van der Waals surface area contributed by atoms with Gasteiger partial charge in [-0.3, -0.25) is 0 Å². The van der Waals surface area contributed by atoms with Crippen molar-refractivity contribution in [3.63, 3.8) is 0 Å². The van der Waals surface area contributed by atoms with Gasteiger partial charge in [0.25, 0.3) is 0 Å². The van der Waals surface area contributed by atoms with E-state index in [0.29, 0.717) is 11.6 Å². The summed E-state index contributed by atoms with van der Waals surface area (Å²) in [6, 6.07) is 0. The van der Waals surface area contributed by atoms with E-state index in [0.717, 1.165) is 6.54 Å². The van der Waals surface area contributed by atoms with Gasteiger partial charge < -0.3 is 10.1 Å². The molecule has 1 saturated carbocycles. The second-order valence-electron chi connectivity index (χ2n) is 4.28. The summed E-state index contributed by atoms with van der Waals surface area (Å²) in [6.45, 7) is 1.07. The van der Waals surface area contributed by atoms with E-state index in [4.69, 9.17) is 4.74 Å². The summed E-state index contributed by atoms with van der Waals surface area (Å²) in [5, 5.41) is 3.65. The van der Waals surface area contributed by atoms with E-state index < -0.39 is 0 Å². The Labute approximate surface area is 74.7 Å². The minimum Gasteiger partial charge on any atom is -0.380 e. The summed E-state index contributed by atoms with van der Waals surface area (Å²) in [7, 11) is 1.83. The van der Waals surface area contributed by atoms with Crippen LogP contribution in [0.25, 0.3) is 0 Å². The molecule has 0 bridgehead atoms. The van der Waals surface area contributed by atoms with Gasteiger partial charge in [-0.2, -0.15) is 0 Å². The van der Waals surface area contributed by atoms with Crippen LogP contribution in [0.2, 0.25) is 0 Å². The van der Waals surface area contributed by atoms with Gasteiger partial charge in [0.05, 0.1) is 6.10 Å². The topological polar surface area (TPSA) is 21.3 Å². The molecule has 1 saturated heterocycles. The second kappa shape index (κ2) is 3.35. The van der Waals surface area contributed by atoms with E-state index in [1.54, 1.807) is 0 Å². The molecule has 2 nitrogen and oxygen atoms in total. The molecular formula is C10H19NO. The van der Waals surface area contributed by atoms with Crippen LogP contribution in [0.4, 0.5) is 0 Å². The summed E-state index contributed by atoms with van der Waals surface area (Å²) in [6.07, 6.45) is 8.69. The highest BCUT2D eigenvalue weighted by atomic mass is 16.5. The van der Waals surface area contributed by atoms with Crippen LogP contribution >= 0.6 is 0 Å². The molecule has 1 N–H and O–H groups in total. The SMILES string of the molecule is COC1CNC2(CCCCC2)C1. The third-order valence-electron chi connectivity index (χ3n) is 3.47. The van der Waals surface area contributed by atoms with Crippen molar-refractivity contribution in [3.05, 3.63) is 0 Å². The van der Waals surface area contributed by atoms with Gasteiger partial charge in [-0.15, -0.1) is 0 Å². The summed E-state index contributed by atoms with van der Waals surface area (Å²) < 4.78 is 5.38. The smallest absolute Gasteiger partial charge is 0.0713 e. The van der Waals surface area contributed by atoms with Crippen LogP contribution in [-0.4, -0.2) is 25.3 Å². The van der Waals surface area contributed by atoms with Gasteiger partial charge in [-0.25, -0.2) is 0 Å². The lowest BCUT2D eigenvalue weighted by molar-refractivity contribution is 0.108. The van der Waals surface area contributed by atoms with Crippen LogP contribution in [0.15, 0.2) is 0 Å². The number of hydrogen-bond donors (Lipinski definition) is 1. The molecule has 0 aromatic carbocycles. The van der Waals surface area contributed by atoms with Gasteiger partial charge in [0.1, 0.15) is 0 Å². The quantitative estimate of drug-likeness (QED) is 0.645. The van der Waals surface area contributed by atoms with Crippen molar-refractivity contribution in [2.45, 2.75) is 50.2 Å². The van der Waals surface area contributed by atoms with Crippen LogP contribution in [-0.2, 0) is 4.74 Å². The van der Waals surface area contributed by atoms with E-state index in [2.05, 4.69) is 5.32 Å². The standard InChI is InChI=1S/C10H19NO/c1-12-9-7-10(11-8-9)5-3-2-4-6-10/h9,11H,2-8H2,1H3. The number of methoxy groups -OCH3 is 1. The lowest BCUT2D eigenvalue weighted by Crippen LogP contribution is -2.41. The summed E-state index contributed by atoms with van der Waals surface area (Å²) >= 11 is 0. The van der Waals surface area contributed by atoms with Crippen molar-refractivity contribution in [2.24, 2.45) is 0 Å². The van der Waals surface area contributed by atoms with Crippen molar-refractivity contribution in [3.8, 4) is 0 Å². The Morgan fingerprint density at radius 1 is 1.25 bits per heavy atom. The fourth-order valence-electron chi connectivity index (χ4n) is 2.69. The molecule has 1 spiro atoms. The maximum atomic E-state index is 5.38. The lowest BCUT2D eigenvalue weighted by Gasteiger charge is -2.33. The molecule has 1 unspecified atom stereocenters.